The van der Waals surface area contributed by atoms with Crippen molar-refractivity contribution in [2.75, 3.05) is 6.61 Å². The highest BCUT2D eigenvalue weighted by Gasteiger charge is 2.29. The summed E-state index contributed by atoms with van der Waals surface area (Å²) in [7, 11) is 0. The predicted octanol–water partition coefficient (Wildman–Crippen LogP) is 3.53. The van der Waals surface area contributed by atoms with E-state index in [0.29, 0.717) is 0 Å². The Kier molecular flexibility index (Phi) is 6.95. The molecule has 0 saturated carbocycles. The molecule has 0 bridgehead atoms. The first kappa shape index (κ1) is 22.3. The van der Waals surface area contributed by atoms with Crippen molar-refractivity contribution < 1.29 is 24.2 Å². The van der Waals surface area contributed by atoms with Crippen molar-refractivity contribution in [2.24, 2.45) is 5.92 Å². The third kappa shape index (κ3) is 5.23. The van der Waals surface area contributed by atoms with Gasteiger partial charge in [0, 0.05) is 18.4 Å². The number of rotatable bonds is 8. The van der Waals surface area contributed by atoms with Crippen LogP contribution in [0, 0.1) is 5.92 Å². The fourth-order valence-electron chi connectivity index (χ4n) is 3.81. The monoisotopic (exact) mass is 424 g/mol. The minimum absolute atomic E-state index is 0.0283. The molecule has 0 aliphatic heterocycles. The summed E-state index contributed by atoms with van der Waals surface area (Å²) >= 11 is 0. The zero-order valence-corrected chi connectivity index (χ0v) is 17.9. The van der Waals surface area contributed by atoms with Gasteiger partial charge in [-0.05, 0) is 35.1 Å². The van der Waals surface area contributed by atoms with Gasteiger partial charge in [0.2, 0.25) is 5.91 Å². The molecule has 0 saturated heterocycles. The number of ether oxygens (including phenoxy) is 1. The Morgan fingerprint density at radius 3 is 2.00 bits per heavy atom. The lowest BCUT2D eigenvalue weighted by Gasteiger charge is -2.23. The Balaban J connectivity index is 1.61. The summed E-state index contributed by atoms with van der Waals surface area (Å²) in [5, 5.41) is 14.1. The average Bonchev–Trinajstić information content (AvgIpc) is 3.05. The first-order valence-corrected chi connectivity index (χ1v) is 10.4. The summed E-state index contributed by atoms with van der Waals surface area (Å²) in [5.74, 6) is -1.63. The number of amides is 2. The van der Waals surface area contributed by atoms with Crippen LogP contribution in [-0.2, 0) is 14.3 Å². The first-order chi connectivity index (χ1) is 14.8. The Morgan fingerprint density at radius 1 is 0.935 bits per heavy atom. The van der Waals surface area contributed by atoms with E-state index < -0.39 is 30.1 Å². The Morgan fingerprint density at radius 2 is 1.48 bits per heavy atom. The molecule has 0 heterocycles. The average molecular weight is 424 g/mol. The first-order valence-electron chi connectivity index (χ1n) is 10.4. The molecular formula is C24H28N2O5. The summed E-state index contributed by atoms with van der Waals surface area (Å²) in [6.07, 6.45) is -0.626. The molecule has 3 N–H and O–H groups in total. The molecule has 1 aliphatic carbocycles. The molecule has 1 aliphatic rings. The topological polar surface area (TPSA) is 105 Å². The summed E-state index contributed by atoms with van der Waals surface area (Å²) in [6, 6.07) is 14.7. The van der Waals surface area contributed by atoms with Gasteiger partial charge >= 0.3 is 12.1 Å². The van der Waals surface area contributed by atoms with Crippen LogP contribution in [-0.4, -0.2) is 41.8 Å². The van der Waals surface area contributed by atoms with Crippen LogP contribution >= 0.6 is 0 Å². The van der Waals surface area contributed by atoms with Crippen molar-refractivity contribution in [1.29, 1.82) is 0 Å². The maximum atomic E-state index is 12.5. The number of fused-ring (bicyclic) bond motifs is 3. The molecule has 1 unspecified atom stereocenters. The molecule has 31 heavy (non-hydrogen) atoms. The van der Waals surface area contributed by atoms with Crippen molar-refractivity contribution in [1.82, 2.24) is 10.6 Å². The highest BCUT2D eigenvalue weighted by atomic mass is 16.5. The van der Waals surface area contributed by atoms with Gasteiger partial charge in [0.25, 0.3) is 0 Å². The number of carbonyl (C=O) groups is 3. The second-order valence-electron chi connectivity index (χ2n) is 8.15. The van der Waals surface area contributed by atoms with Crippen LogP contribution in [0.2, 0.25) is 0 Å². The lowest BCUT2D eigenvalue weighted by Crippen LogP contribution is -2.45. The van der Waals surface area contributed by atoms with E-state index in [2.05, 4.69) is 22.8 Å². The van der Waals surface area contributed by atoms with Crippen molar-refractivity contribution in [3.63, 3.8) is 0 Å². The summed E-state index contributed by atoms with van der Waals surface area (Å²) in [6.45, 7) is 5.33. The van der Waals surface area contributed by atoms with E-state index in [0.717, 1.165) is 22.3 Å². The second-order valence-corrected chi connectivity index (χ2v) is 8.15. The van der Waals surface area contributed by atoms with Crippen molar-refractivity contribution in [3.05, 3.63) is 59.7 Å². The van der Waals surface area contributed by atoms with E-state index in [4.69, 9.17) is 9.84 Å². The van der Waals surface area contributed by atoms with Crippen LogP contribution in [0.1, 0.15) is 44.2 Å². The molecule has 7 nitrogen and oxygen atoms in total. The van der Waals surface area contributed by atoms with Gasteiger partial charge in [0.15, 0.2) is 0 Å². The smallest absolute Gasteiger partial charge is 0.407 e. The van der Waals surface area contributed by atoms with Crippen LogP contribution in [0.4, 0.5) is 4.79 Å². The molecule has 0 spiro atoms. The zero-order valence-electron chi connectivity index (χ0n) is 17.9. The summed E-state index contributed by atoms with van der Waals surface area (Å²) in [5.41, 5.74) is 4.55. The number of carboxylic acids is 1. The second kappa shape index (κ2) is 9.64. The van der Waals surface area contributed by atoms with Crippen molar-refractivity contribution >= 4 is 18.0 Å². The third-order valence-corrected chi connectivity index (χ3v) is 5.60. The van der Waals surface area contributed by atoms with Crippen molar-refractivity contribution in [2.45, 2.75) is 45.2 Å². The van der Waals surface area contributed by atoms with E-state index in [9.17, 15) is 14.4 Å². The number of hydrogen-bond donors (Lipinski definition) is 3. The summed E-state index contributed by atoms with van der Waals surface area (Å²) in [4.78, 5) is 35.5. The molecule has 7 heteroatoms. The number of aliphatic carboxylic acids is 1. The van der Waals surface area contributed by atoms with Gasteiger partial charge in [-0.3, -0.25) is 9.59 Å². The van der Waals surface area contributed by atoms with Crippen LogP contribution in [0.3, 0.4) is 0 Å². The fraction of sp³-hybridized carbons (Fsp3) is 0.375. The molecule has 2 amide bonds. The van der Waals surface area contributed by atoms with Gasteiger partial charge in [0.05, 0.1) is 0 Å². The normalized spacial score (nSPS) is 14.3. The van der Waals surface area contributed by atoms with Gasteiger partial charge in [0.1, 0.15) is 12.6 Å². The summed E-state index contributed by atoms with van der Waals surface area (Å²) < 4.78 is 5.55. The van der Waals surface area contributed by atoms with Gasteiger partial charge in [-0.2, -0.15) is 0 Å². The Bertz CT molecular complexity index is 926. The molecule has 2 aromatic rings. The predicted molar refractivity (Wildman–Crippen MR) is 117 cm³/mol. The lowest BCUT2D eigenvalue weighted by molar-refractivity contribution is -0.141. The van der Waals surface area contributed by atoms with E-state index in [1.807, 2.05) is 50.2 Å². The maximum Gasteiger partial charge on any atom is 0.407 e. The third-order valence-electron chi connectivity index (χ3n) is 5.60. The molecule has 2 atom stereocenters. The minimum Gasteiger partial charge on any atom is -0.480 e. The van der Waals surface area contributed by atoms with Gasteiger partial charge in [-0.15, -0.1) is 0 Å². The number of hydrogen-bond acceptors (Lipinski definition) is 4. The number of alkyl carbamates (subject to hydrolysis) is 1. The van der Waals surface area contributed by atoms with E-state index in [1.165, 1.54) is 6.92 Å². The van der Waals surface area contributed by atoms with Gasteiger partial charge in [-0.1, -0.05) is 62.4 Å². The number of carboxylic acid groups (broad SMARTS) is 1. The fourth-order valence-corrected chi connectivity index (χ4v) is 3.81. The zero-order chi connectivity index (χ0) is 22.5. The van der Waals surface area contributed by atoms with Crippen molar-refractivity contribution in [3.8, 4) is 11.1 Å². The standard InChI is InChI=1S/C24H28N2O5/c1-14(2)21(12-22(27)25-15(3)23(28)29)26-24(30)31-13-20-18-10-6-4-8-16(18)17-9-5-7-11-19(17)20/h4-11,14-15,20-21H,12-13H2,1-3H3,(H,25,27)(H,26,30)(H,28,29)/t15-,21?/m1/s1. The molecular weight excluding hydrogens is 396 g/mol. The van der Waals surface area contributed by atoms with Gasteiger partial charge < -0.3 is 20.5 Å². The van der Waals surface area contributed by atoms with Gasteiger partial charge in [-0.25, -0.2) is 4.79 Å². The molecule has 0 fully saturated rings. The number of carbonyl (C=O) groups excluding carboxylic acids is 2. The molecule has 3 rings (SSSR count). The van der Waals surface area contributed by atoms with Crippen LogP contribution in [0.25, 0.3) is 11.1 Å². The largest absolute Gasteiger partial charge is 0.480 e. The Hall–Kier alpha value is -3.35. The van der Waals surface area contributed by atoms with Crippen LogP contribution in [0.5, 0.6) is 0 Å². The molecule has 164 valence electrons. The van der Waals surface area contributed by atoms with Crippen LogP contribution < -0.4 is 10.6 Å². The highest BCUT2D eigenvalue weighted by molar-refractivity contribution is 5.84. The molecule has 2 aromatic carbocycles. The Labute approximate surface area is 181 Å². The molecule has 0 radical (unpaired) electrons. The quantitative estimate of drug-likeness (QED) is 0.601. The SMILES string of the molecule is CC(C)C(CC(=O)N[C@H](C)C(=O)O)NC(=O)OCC1c2ccccc2-c2ccccc21. The number of nitrogens with one attached hydrogen (secondary N) is 2. The molecule has 0 aromatic heterocycles. The number of benzene rings is 2. The minimum atomic E-state index is -1.11. The van der Waals surface area contributed by atoms with E-state index in [1.54, 1.807) is 0 Å². The van der Waals surface area contributed by atoms with Crippen LogP contribution in [0.15, 0.2) is 48.5 Å². The van der Waals surface area contributed by atoms with E-state index >= 15 is 0 Å². The highest BCUT2D eigenvalue weighted by Crippen LogP contribution is 2.44. The lowest BCUT2D eigenvalue weighted by atomic mass is 9.98. The van der Waals surface area contributed by atoms with E-state index in [-0.39, 0.29) is 24.9 Å². The maximum absolute atomic E-state index is 12.5.